The fourth-order valence-electron chi connectivity index (χ4n) is 2.26. The molecule has 4 nitrogen and oxygen atoms in total. The maximum atomic E-state index is 13.2. The molecule has 0 aliphatic rings. The van der Waals surface area contributed by atoms with E-state index in [4.69, 9.17) is 0 Å². The molecule has 4 rings (SSSR count). The van der Waals surface area contributed by atoms with Crippen LogP contribution >= 0.6 is 0 Å². The molecule has 1 radical (unpaired) electrons. The molecule has 1 aromatic carbocycles. The van der Waals surface area contributed by atoms with Crippen LogP contribution in [-0.2, 0) is 26.3 Å². The number of aromatic amines is 1. The molecule has 4 aromatic rings. The molecule has 3 heterocycles. The van der Waals surface area contributed by atoms with Gasteiger partial charge in [0.15, 0.2) is 0 Å². The summed E-state index contributed by atoms with van der Waals surface area (Å²) in [4.78, 5) is 7.84. The van der Waals surface area contributed by atoms with Gasteiger partial charge in [-0.2, -0.15) is 18.3 Å². The smallest absolute Gasteiger partial charge is 0.305 e. The summed E-state index contributed by atoms with van der Waals surface area (Å²) in [7, 11) is 0. The average molecular weight is 596 g/mol. The van der Waals surface area contributed by atoms with E-state index in [2.05, 4.69) is 21.1 Å². The van der Waals surface area contributed by atoms with Gasteiger partial charge in [0.1, 0.15) is 11.4 Å². The molecule has 3 aromatic heterocycles. The topological polar surface area (TPSA) is 54.5 Å². The molecule has 1 N–H and O–H groups in total. The van der Waals surface area contributed by atoms with Gasteiger partial charge in [-0.1, -0.05) is 29.8 Å². The largest absolute Gasteiger partial charge is 0.432 e. The van der Waals surface area contributed by atoms with E-state index < -0.39 is 23.5 Å². The molecule has 157 valence electrons. The van der Waals surface area contributed by atoms with Crippen molar-refractivity contribution in [2.24, 2.45) is 0 Å². The van der Waals surface area contributed by atoms with Crippen molar-refractivity contribution in [2.75, 3.05) is 0 Å². The van der Waals surface area contributed by atoms with Gasteiger partial charge in [-0.05, 0) is 30.0 Å². The molecule has 0 bridgehead atoms. The Hall–Kier alpha value is -2.97. The number of hydrogen-bond acceptors (Lipinski definition) is 3. The summed E-state index contributed by atoms with van der Waals surface area (Å²) >= 11 is 0. The SMILES string of the molecule is FC(F)(F)c1cc(-c2ccccn2)n[nH]1.Fc1c[c-]c(-c2ccccn2)c(F)c1.[Ir]. The van der Waals surface area contributed by atoms with Crippen molar-refractivity contribution in [1.82, 2.24) is 20.2 Å². The van der Waals surface area contributed by atoms with Crippen LogP contribution in [0, 0.1) is 17.7 Å². The molecule has 0 saturated heterocycles. The molecule has 30 heavy (non-hydrogen) atoms. The van der Waals surface area contributed by atoms with Crippen molar-refractivity contribution in [3.63, 3.8) is 0 Å². The Balaban J connectivity index is 0.000000207. The molecule has 0 saturated carbocycles. The van der Waals surface area contributed by atoms with Crippen molar-refractivity contribution < 1.29 is 42.1 Å². The Bertz CT molecular complexity index is 1070. The fourth-order valence-corrected chi connectivity index (χ4v) is 2.26. The van der Waals surface area contributed by atoms with Crippen LogP contribution in [0.2, 0.25) is 0 Å². The average Bonchev–Trinajstić information content (AvgIpc) is 3.21. The third-order valence-corrected chi connectivity index (χ3v) is 3.59. The third-order valence-electron chi connectivity index (χ3n) is 3.59. The van der Waals surface area contributed by atoms with Crippen LogP contribution in [0.4, 0.5) is 22.0 Å². The van der Waals surface area contributed by atoms with Crippen LogP contribution in [0.3, 0.4) is 0 Å². The van der Waals surface area contributed by atoms with Crippen molar-refractivity contribution in [1.29, 1.82) is 0 Å². The first-order valence-electron chi connectivity index (χ1n) is 8.17. The van der Waals surface area contributed by atoms with Gasteiger partial charge >= 0.3 is 6.18 Å². The summed E-state index contributed by atoms with van der Waals surface area (Å²) in [6, 6.07) is 15.4. The minimum Gasteiger partial charge on any atom is -0.305 e. The van der Waals surface area contributed by atoms with Gasteiger partial charge in [0.05, 0.1) is 5.69 Å². The first kappa shape index (κ1) is 23.3. The monoisotopic (exact) mass is 596 g/mol. The van der Waals surface area contributed by atoms with Gasteiger partial charge in [-0.3, -0.25) is 18.9 Å². The van der Waals surface area contributed by atoms with E-state index in [0.29, 0.717) is 11.4 Å². The van der Waals surface area contributed by atoms with Crippen molar-refractivity contribution in [3.8, 4) is 22.6 Å². The molecule has 0 unspecified atom stereocenters. The van der Waals surface area contributed by atoms with Gasteiger partial charge in [-0.25, -0.2) is 0 Å². The summed E-state index contributed by atoms with van der Waals surface area (Å²) in [6.07, 6.45) is -1.36. The molecule has 0 fully saturated rings. The van der Waals surface area contributed by atoms with Gasteiger partial charge in [0.2, 0.25) is 0 Å². The van der Waals surface area contributed by atoms with Gasteiger partial charge in [0.25, 0.3) is 0 Å². The molecule has 0 aliphatic heterocycles. The maximum absolute atomic E-state index is 13.2. The molecule has 10 heteroatoms. The maximum Gasteiger partial charge on any atom is 0.432 e. The minimum atomic E-state index is -4.40. The van der Waals surface area contributed by atoms with E-state index in [9.17, 15) is 22.0 Å². The summed E-state index contributed by atoms with van der Waals surface area (Å²) < 4.78 is 62.5. The second-order valence-electron chi connectivity index (χ2n) is 5.64. The number of aromatic nitrogens is 4. The normalized spacial score (nSPS) is 10.6. The van der Waals surface area contributed by atoms with E-state index in [0.717, 1.165) is 18.2 Å². The first-order valence-corrected chi connectivity index (χ1v) is 8.17. The summed E-state index contributed by atoms with van der Waals surface area (Å²) in [5.41, 5.74) is 0.354. The van der Waals surface area contributed by atoms with Crippen LogP contribution in [0.1, 0.15) is 5.69 Å². The van der Waals surface area contributed by atoms with Crippen LogP contribution < -0.4 is 0 Å². The van der Waals surface area contributed by atoms with Crippen LogP contribution in [0.15, 0.2) is 67.0 Å². The second-order valence-corrected chi connectivity index (χ2v) is 5.64. The zero-order chi connectivity index (χ0) is 20.9. The van der Waals surface area contributed by atoms with E-state index in [1.165, 1.54) is 6.20 Å². The van der Waals surface area contributed by atoms with Crippen molar-refractivity contribution in [3.05, 3.63) is 90.4 Å². The quantitative estimate of drug-likeness (QED) is 0.253. The second kappa shape index (κ2) is 10.2. The van der Waals surface area contributed by atoms with Crippen LogP contribution in [0.25, 0.3) is 22.6 Å². The summed E-state index contributed by atoms with van der Waals surface area (Å²) in [5.74, 6) is -1.29. The molecular formula is C20H12F5IrN4-. The Kier molecular flexibility index (Phi) is 7.91. The Morgan fingerprint density at radius 3 is 1.97 bits per heavy atom. The van der Waals surface area contributed by atoms with E-state index in [-0.39, 0.29) is 31.4 Å². The molecule has 0 spiro atoms. The summed E-state index contributed by atoms with van der Waals surface area (Å²) in [5, 5.41) is 5.47. The van der Waals surface area contributed by atoms with E-state index in [1.54, 1.807) is 42.6 Å². The van der Waals surface area contributed by atoms with Gasteiger partial charge in [0, 0.05) is 44.1 Å². The number of halogens is 5. The number of pyridine rings is 2. The number of nitrogens with one attached hydrogen (secondary N) is 1. The van der Waals surface area contributed by atoms with Gasteiger partial charge < -0.3 is 4.98 Å². The number of benzene rings is 1. The predicted molar refractivity (Wildman–Crippen MR) is 95.2 cm³/mol. The van der Waals surface area contributed by atoms with Gasteiger partial charge in [-0.15, -0.1) is 12.1 Å². The Morgan fingerprint density at radius 1 is 0.833 bits per heavy atom. The van der Waals surface area contributed by atoms with Crippen LogP contribution in [0.5, 0.6) is 0 Å². The van der Waals surface area contributed by atoms with E-state index in [1.807, 2.05) is 5.10 Å². The zero-order valence-electron chi connectivity index (χ0n) is 14.9. The fraction of sp³-hybridized carbons (Fsp3) is 0.0500. The number of hydrogen-bond donors (Lipinski definition) is 1. The zero-order valence-corrected chi connectivity index (χ0v) is 17.3. The van der Waals surface area contributed by atoms with E-state index >= 15 is 0 Å². The molecule has 0 atom stereocenters. The molecular weight excluding hydrogens is 583 g/mol. The summed E-state index contributed by atoms with van der Waals surface area (Å²) in [6.45, 7) is 0. The number of alkyl halides is 3. The molecule has 0 amide bonds. The number of rotatable bonds is 2. The minimum absolute atomic E-state index is 0. The standard InChI is InChI=1S/C11H6F2N.C9H6F3N3.Ir/c12-8-4-5-9(10(13)7-8)11-3-1-2-6-14-11;10-9(11,12)8-5-7(14-15-8)6-3-1-2-4-13-6;/h1-4,6-7H;1-5H,(H,14,15);/q-1;;. The number of nitrogens with zero attached hydrogens (tertiary/aromatic N) is 3. The van der Waals surface area contributed by atoms with Crippen molar-refractivity contribution >= 4 is 0 Å². The third kappa shape index (κ3) is 6.01. The Morgan fingerprint density at radius 2 is 1.47 bits per heavy atom. The Labute approximate surface area is 181 Å². The molecule has 0 aliphatic carbocycles. The predicted octanol–water partition coefficient (Wildman–Crippen LogP) is 5.31. The van der Waals surface area contributed by atoms with Crippen LogP contribution in [-0.4, -0.2) is 20.2 Å². The first-order chi connectivity index (χ1) is 13.8. The van der Waals surface area contributed by atoms with Crippen molar-refractivity contribution in [2.45, 2.75) is 6.18 Å². The number of H-pyrrole nitrogens is 1.